The van der Waals surface area contributed by atoms with Gasteiger partial charge in [0.05, 0.1) is 13.2 Å². The Morgan fingerprint density at radius 3 is 2.67 bits per heavy atom. The summed E-state index contributed by atoms with van der Waals surface area (Å²) in [7, 11) is 0. The van der Waals surface area contributed by atoms with E-state index in [1.54, 1.807) is 6.92 Å². The Kier molecular flexibility index (Phi) is 7.73. The number of rotatable bonds is 6. The van der Waals surface area contributed by atoms with Crippen molar-refractivity contribution in [1.82, 2.24) is 0 Å². The second-order valence-electron chi connectivity index (χ2n) is 2.01. The van der Waals surface area contributed by atoms with E-state index in [1.165, 1.54) is 0 Å². The summed E-state index contributed by atoms with van der Waals surface area (Å²) >= 11 is 0. The van der Waals surface area contributed by atoms with E-state index in [1.807, 2.05) is 6.92 Å². The third-order valence-electron chi connectivity index (χ3n) is 0.994. The topological polar surface area (TPSA) is 54.0 Å². The van der Waals surface area contributed by atoms with E-state index in [4.69, 9.17) is 0 Å². The molecule has 5 nitrogen and oxygen atoms in total. The van der Waals surface area contributed by atoms with E-state index in [9.17, 15) is 4.79 Å². The number of carbonyl (C=O) groups excluding carboxylic acids is 1. The number of ether oxygens (including phenoxy) is 1. The van der Waals surface area contributed by atoms with Crippen molar-refractivity contribution in [2.75, 3.05) is 13.2 Å². The molecule has 0 radical (unpaired) electrons. The first-order valence-electron chi connectivity index (χ1n) is 3.94. The molecule has 5 heteroatoms. The Balaban J connectivity index is 3.03. The van der Waals surface area contributed by atoms with Gasteiger partial charge in [-0.05, 0) is 18.4 Å². The standard InChI is InChI=1S/C7H14O5/c1-3-5-6-10-12-11-7(8)9-4-2/h3-6H2,1-2H3. The Labute approximate surface area is 71.4 Å². The zero-order valence-corrected chi connectivity index (χ0v) is 7.37. The van der Waals surface area contributed by atoms with Crippen LogP contribution in [0.25, 0.3) is 0 Å². The van der Waals surface area contributed by atoms with Crippen LogP contribution in [0.2, 0.25) is 0 Å². The predicted octanol–water partition coefficient (Wildman–Crippen LogP) is 1.82. The summed E-state index contributed by atoms with van der Waals surface area (Å²) in [5.74, 6) is 0. The molecule has 0 amide bonds. The largest absolute Gasteiger partial charge is 0.542 e. The highest BCUT2D eigenvalue weighted by Gasteiger charge is 2.02. The average molecular weight is 178 g/mol. The SMILES string of the molecule is CCCCOOOC(=O)OCC. The first-order chi connectivity index (χ1) is 5.81. The van der Waals surface area contributed by atoms with Crippen molar-refractivity contribution < 1.29 is 24.3 Å². The molecule has 0 aromatic rings. The summed E-state index contributed by atoms with van der Waals surface area (Å²) < 4.78 is 4.38. The third kappa shape index (κ3) is 7.30. The minimum absolute atomic E-state index is 0.247. The lowest BCUT2D eigenvalue weighted by Crippen LogP contribution is -2.08. The number of hydrogen-bond acceptors (Lipinski definition) is 5. The molecule has 0 aliphatic rings. The lowest BCUT2D eigenvalue weighted by Gasteiger charge is -2.01. The van der Waals surface area contributed by atoms with Crippen molar-refractivity contribution in [1.29, 1.82) is 0 Å². The molecular formula is C7H14O5. The number of unbranched alkanes of at least 4 members (excludes halogenated alkanes) is 1. The summed E-state index contributed by atoms with van der Waals surface area (Å²) in [5.41, 5.74) is 0. The minimum atomic E-state index is -0.894. The highest BCUT2D eigenvalue weighted by Crippen LogP contribution is 1.91. The lowest BCUT2D eigenvalue weighted by atomic mass is 10.4. The fraction of sp³-hybridized carbons (Fsp3) is 0.857. The van der Waals surface area contributed by atoms with Crippen LogP contribution in [0.3, 0.4) is 0 Å². The molecule has 0 aliphatic heterocycles. The molecule has 0 aromatic carbocycles. The molecular weight excluding hydrogens is 164 g/mol. The highest BCUT2D eigenvalue weighted by atomic mass is 17.5. The first-order valence-corrected chi connectivity index (χ1v) is 3.94. The minimum Gasteiger partial charge on any atom is -0.433 e. The van der Waals surface area contributed by atoms with Gasteiger partial charge in [-0.2, -0.15) is 4.89 Å². The molecule has 0 N–H and O–H groups in total. The third-order valence-corrected chi connectivity index (χ3v) is 0.994. The molecule has 0 atom stereocenters. The van der Waals surface area contributed by atoms with Crippen molar-refractivity contribution in [2.45, 2.75) is 26.7 Å². The summed E-state index contributed by atoms with van der Waals surface area (Å²) in [6.07, 6.45) is 0.948. The molecule has 0 aromatic heterocycles. The second-order valence-corrected chi connectivity index (χ2v) is 2.01. The fourth-order valence-electron chi connectivity index (χ4n) is 0.431. The van der Waals surface area contributed by atoms with E-state index < -0.39 is 6.16 Å². The molecule has 0 fully saturated rings. The Bertz CT molecular complexity index is 114. The summed E-state index contributed by atoms with van der Waals surface area (Å²) in [6, 6.07) is 0. The molecule has 0 bridgehead atoms. The van der Waals surface area contributed by atoms with Crippen LogP contribution in [0.1, 0.15) is 26.7 Å². The van der Waals surface area contributed by atoms with E-state index >= 15 is 0 Å². The molecule has 12 heavy (non-hydrogen) atoms. The number of carbonyl (C=O) groups is 1. The van der Waals surface area contributed by atoms with Crippen molar-refractivity contribution in [2.24, 2.45) is 0 Å². The molecule has 0 unspecified atom stereocenters. The monoisotopic (exact) mass is 178 g/mol. The van der Waals surface area contributed by atoms with Gasteiger partial charge in [0.15, 0.2) is 0 Å². The molecule has 72 valence electrons. The van der Waals surface area contributed by atoms with Crippen molar-refractivity contribution in [3.05, 3.63) is 0 Å². The number of hydrogen-bond donors (Lipinski definition) is 0. The lowest BCUT2D eigenvalue weighted by molar-refractivity contribution is -0.486. The maximum absolute atomic E-state index is 10.4. The highest BCUT2D eigenvalue weighted by molar-refractivity contribution is 5.58. The van der Waals surface area contributed by atoms with Crippen LogP contribution in [-0.4, -0.2) is 19.4 Å². The fourth-order valence-corrected chi connectivity index (χ4v) is 0.431. The Hall–Kier alpha value is -0.810. The van der Waals surface area contributed by atoms with Gasteiger partial charge in [-0.1, -0.05) is 13.3 Å². The summed E-state index contributed by atoms with van der Waals surface area (Å²) in [4.78, 5) is 18.9. The van der Waals surface area contributed by atoms with Gasteiger partial charge >= 0.3 is 6.16 Å². The molecule has 0 saturated carbocycles. The van der Waals surface area contributed by atoms with Crippen molar-refractivity contribution in [3.8, 4) is 0 Å². The summed E-state index contributed by atoms with van der Waals surface area (Å²) in [5, 5.41) is 4.08. The van der Waals surface area contributed by atoms with Crippen LogP contribution in [0.15, 0.2) is 0 Å². The molecule has 0 rings (SSSR count). The van der Waals surface area contributed by atoms with Crippen LogP contribution in [0.5, 0.6) is 0 Å². The maximum atomic E-state index is 10.4. The average Bonchev–Trinajstić information content (AvgIpc) is 2.05. The molecule has 0 spiro atoms. The van der Waals surface area contributed by atoms with E-state index in [0.717, 1.165) is 12.8 Å². The zero-order chi connectivity index (χ0) is 9.23. The van der Waals surface area contributed by atoms with Crippen LogP contribution < -0.4 is 0 Å². The Morgan fingerprint density at radius 2 is 2.08 bits per heavy atom. The quantitative estimate of drug-likeness (QED) is 0.269. The molecule has 0 heterocycles. The molecule has 0 saturated heterocycles. The van der Waals surface area contributed by atoms with Crippen molar-refractivity contribution >= 4 is 6.16 Å². The van der Waals surface area contributed by atoms with Gasteiger partial charge in [-0.15, -0.1) is 0 Å². The van der Waals surface area contributed by atoms with Gasteiger partial charge in [0, 0.05) is 0 Å². The van der Waals surface area contributed by atoms with Gasteiger partial charge in [0.2, 0.25) is 0 Å². The van der Waals surface area contributed by atoms with E-state index in [2.05, 4.69) is 19.6 Å². The first kappa shape index (κ1) is 11.2. The van der Waals surface area contributed by atoms with Crippen LogP contribution in [-0.2, 0) is 19.6 Å². The molecule has 0 aliphatic carbocycles. The summed E-state index contributed by atoms with van der Waals surface area (Å²) in [6.45, 7) is 4.32. The second kappa shape index (κ2) is 8.29. The zero-order valence-electron chi connectivity index (χ0n) is 7.37. The van der Waals surface area contributed by atoms with Gasteiger partial charge < -0.3 is 4.74 Å². The smallest absolute Gasteiger partial charge is 0.433 e. The van der Waals surface area contributed by atoms with Gasteiger partial charge in [0.25, 0.3) is 0 Å². The van der Waals surface area contributed by atoms with Crippen molar-refractivity contribution in [3.63, 3.8) is 0 Å². The van der Waals surface area contributed by atoms with E-state index in [0.29, 0.717) is 6.61 Å². The Morgan fingerprint density at radius 1 is 1.33 bits per heavy atom. The van der Waals surface area contributed by atoms with Gasteiger partial charge in [0.1, 0.15) is 0 Å². The maximum Gasteiger partial charge on any atom is 0.542 e. The van der Waals surface area contributed by atoms with Crippen LogP contribution in [0.4, 0.5) is 4.79 Å². The normalized spacial score (nSPS) is 9.50. The van der Waals surface area contributed by atoms with Crippen LogP contribution >= 0.6 is 0 Å². The van der Waals surface area contributed by atoms with E-state index in [-0.39, 0.29) is 6.61 Å². The predicted molar refractivity (Wildman–Crippen MR) is 40.1 cm³/mol. The van der Waals surface area contributed by atoms with Gasteiger partial charge in [-0.3, -0.25) is 0 Å². The van der Waals surface area contributed by atoms with Gasteiger partial charge in [-0.25, -0.2) is 9.68 Å². The van der Waals surface area contributed by atoms with Crippen LogP contribution in [0, 0.1) is 0 Å².